The van der Waals surface area contributed by atoms with E-state index in [9.17, 15) is 0 Å². The average molecular weight is 318 g/mol. The van der Waals surface area contributed by atoms with E-state index in [1.54, 1.807) is 0 Å². The van der Waals surface area contributed by atoms with Crippen molar-refractivity contribution >= 4 is 0 Å². The minimum atomic E-state index is 0.143. The molecule has 3 heteroatoms. The second-order valence-corrected chi connectivity index (χ2v) is 6.92. The van der Waals surface area contributed by atoms with Crippen LogP contribution in [0, 0.1) is 17.2 Å². The first kappa shape index (κ1) is 15.4. The third kappa shape index (κ3) is 3.51. The number of hydrogen-bond acceptors (Lipinski definition) is 3. The van der Waals surface area contributed by atoms with Crippen LogP contribution in [0.3, 0.4) is 0 Å². The van der Waals surface area contributed by atoms with Gasteiger partial charge in [-0.15, -0.1) is 0 Å². The summed E-state index contributed by atoms with van der Waals surface area (Å²) in [5.41, 5.74) is 3.20. The molecule has 0 spiro atoms. The Morgan fingerprint density at radius 2 is 1.88 bits per heavy atom. The van der Waals surface area contributed by atoms with E-state index in [4.69, 9.17) is 10.00 Å². The number of nitrogens with zero attached hydrogens (tertiary/aromatic N) is 2. The van der Waals surface area contributed by atoms with Gasteiger partial charge >= 0.3 is 0 Å². The van der Waals surface area contributed by atoms with Gasteiger partial charge in [0.15, 0.2) is 0 Å². The van der Waals surface area contributed by atoms with Gasteiger partial charge in [0.2, 0.25) is 0 Å². The second kappa shape index (κ2) is 6.76. The van der Waals surface area contributed by atoms with Crippen molar-refractivity contribution in [3.05, 3.63) is 71.3 Å². The van der Waals surface area contributed by atoms with E-state index in [-0.39, 0.29) is 6.10 Å². The summed E-state index contributed by atoms with van der Waals surface area (Å²) in [6, 6.07) is 20.7. The van der Waals surface area contributed by atoms with Gasteiger partial charge in [0.05, 0.1) is 23.8 Å². The summed E-state index contributed by atoms with van der Waals surface area (Å²) in [5.74, 6) is 0.726. The third-order valence-corrected chi connectivity index (χ3v) is 4.98. The van der Waals surface area contributed by atoms with E-state index in [1.165, 1.54) is 24.0 Å². The van der Waals surface area contributed by atoms with Gasteiger partial charge in [0.1, 0.15) is 0 Å². The zero-order valence-electron chi connectivity index (χ0n) is 13.8. The highest BCUT2D eigenvalue weighted by Crippen LogP contribution is 2.39. The number of nitriles is 1. The summed E-state index contributed by atoms with van der Waals surface area (Å²) in [6.45, 7) is 2.78. The van der Waals surface area contributed by atoms with Gasteiger partial charge in [-0.05, 0) is 42.0 Å². The zero-order valence-corrected chi connectivity index (χ0v) is 13.8. The van der Waals surface area contributed by atoms with E-state index in [0.29, 0.717) is 6.10 Å². The molecule has 1 saturated heterocycles. The van der Waals surface area contributed by atoms with Crippen LogP contribution >= 0.6 is 0 Å². The van der Waals surface area contributed by atoms with Crippen molar-refractivity contribution in [3.63, 3.8) is 0 Å². The first-order valence-electron chi connectivity index (χ1n) is 8.73. The Labute approximate surface area is 143 Å². The molecule has 24 heavy (non-hydrogen) atoms. The van der Waals surface area contributed by atoms with Crippen LogP contribution in [-0.4, -0.2) is 24.1 Å². The van der Waals surface area contributed by atoms with E-state index >= 15 is 0 Å². The molecule has 2 aliphatic rings. The molecule has 0 N–H and O–H groups in total. The lowest BCUT2D eigenvalue weighted by Crippen LogP contribution is -2.44. The number of morpholine rings is 1. The fourth-order valence-corrected chi connectivity index (χ4v) is 3.57. The lowest BCUT2D eigenvalue weighted by molar-refractivity contribution is -0.0986. The van der Waals surface area contributed by atoms with E-state index in [1.807, 2.05) is 18.2 Å². The SMILES string of the molecule is N#Cc1cccc(CN2C[C@@H](c3ccccc3)O[C@@H](C3CC3)C2)c1. The molecule has 1 aliphatic heterocycles. The molecule has 0 bridgehead atoms. The van der Waals surface area contributed by atoms with Crippen LogP contribution in [0.2, 0.25) is 0 Å². The molecule has 2 aromatic rings. The van der Waals surface area contributed by atoms with Gasteiger partial charge in [0.25, 0.3) is 0 Å². The van der Waals surface area contributed by atoms with Crippen molar-refractivity contribution in [2.24, 2.45) is 5.92 Å². The van der Waals surface area contributed by atoms with Crippen LogP contribution in [0.5, 0.6) is 0 Å². The van der Waals surface area contributed by atoms with E-state index in [0.717, 1.165) is 31.1 Å². The predicted molar refractivity (Wildman–Crippen MR) is 93.2 cm³/mol. The van der Waals surface area contributed by atoms with Crippen molar-refractivity contribution in [2.45, 2.75) is 31.6 Å². The molecule has 0 amide bonds. The van der Waals surface area contributed by atoms with Gasteiger partial charge in [-0.1, -0.05) is 42.5 Å². The zero-order chi connectivity index (χ0) is 16.4. The monoisotopic (exact) mass is 318 g/mol. The lowest BCUT2D eigenvalue weighted by atomic mass is 10.0. The molecule has 0 radical (unpaired) electrons. The predicted octanol–water partition coefficient (Wildman–Crippen LogP) is 3.91. The number of rotatable bonds is 4. The summed E-state index contributed by atoms with van der Waals surface area (Å²) in [7, 11) is 0. The lowest BCUT2D eigenvalue weighted by Gasteiger charge is -2.38. The number of ether oxygens (including phenoxy) is 1. The minimum Gasteiger partial charge on any atom is -0.367 e. The second-order valence-electron chi connectivity index (χ2n) is 6.92. The Bertz CT molecular complexity index is 733. The van der Waals surface area contributed by atoms with Crippen LogP contribution in [0.15, 0.2) is 54.6 Å². The number of benzene rings is 2. The van der Waals surface area contributed by atoms with Crippen LogP contribution in [-0.2, 0) is 11.3 Å². The average Bonchev–Trinajstić information content (AvgIpc) is 3.47. The van der Waals surface area contributed by atoms with Gasteiger partial charge in [-0.25, -0.2) is 0 Å². The molecule has 0 unspecified atom stereocenters. The van der Waals surface area contributed by atoms with Crippen LogP contribution in [0.25, 0.3) is 0 Å². The first-order chi connectivity index (χ1) is 11.8. The highest BCUT2D eigenvalue weighted by atomic mass is 16.5. The first-order valence-corrected chi connectivity index (χ1v) is 8.73. The summed E-state index contributed by atoms with van der Waals surface area (Å²) >= 11 is 0. The Morgan fingerprint density at radius 1 is 1.04 bits per heavy atom. The molecule has 122 valence electrons. The molecule has 2 atom stereocenters. The Morgan fingerprint density at radius 3 is 2.62 bits per heavy atom. The molecule has 4 rings (SSSR count). The van der Waals surface area contributed by atoms with E-state index < -0.39 is 0 Å². The summed E-state index contributed by atoms with van der Waals surface area (Å²) in [6.07, 6.45) is 3.07. The smallest absolute Gasteiger partial charge is 0.0991 e. The molecule has 0 aromatic heterocycles. The van der Waals surface area contributed by atoms with Gasteiger partial charge in [0, 0.05) is 19.6 Å². The van der Waals surface area contributed by atoms with Crippen molar-refractivity contribution in [1.29, 1.82) is 5.26 Å². The molecule has 2 aromatic carbocycles. The molecule has 1 aliphatic carbocycles. The summed E-state index contributed by atoms with van der Waals surface area (Å²) < 4.78 is 6.42. The Kier molecular flexibility index (Phi) is 4.34. The maximum absolute atomic E-state index is 9.10. The molecule has 1 heterocycles. The van der Waals surface area contributed by atoms with Crippen LogP contribution < -0.4 is 0 Å². The van der Waals surface area contributed by atoms with Crippen molar-refractivity contribution in [1.82, 2.24) is 4.90 Å². The third-order valence-electron chi connectivity index (χ3n) is 4.98. The maximum atomic E-state index is 9.10. The van der Waals surface area contributed by atoms with Gasteiger partial charge < -0.3 is 4.74 Å². The van der Waals surface area contributed by atoms with Gasteiger partial charge in [-0.2, -0.15) is 5.26 Å². The molecular formula is C21H22N2O. The maximum Gasteiger partial charge on any atom is 0.0991 e. The Hall–Kier alpha value is -2.15. The molecular weight excluding hydrogens is 296 g/mol. The quantitative estimate of drug-likeness (QED) is 0.857. The van der Waals surface area contributed by atoms with Gasteiger partial charge in [-0.3, -0.25) is 4.90 Å². The van der Waals surface area contributed by atoms with E-state index in [2.05, 4.69) is 47.4 Å². The topological polar surface area (TPSA) is 36.3 Å². The summed E-state index contributed by atoms with van der Waals surface area (Å²) in [5, 5.41) is 9.10. The standard InChI is InChI=1S/C21H22N2O/c22-12-16-5-4-6-17(11-16)13-23-14-20(18-7-2-1-3-8-18)24-21(15-23)19-9-10-19/h1-8,11,19-21H,9-10,13-15H2/t20-,21+/m0/s1. The fraction of sp³-hybridized carbons (Fsp3) is 0.381. The fourth-order valence-electron chi connectivity index (χ4n) is 3.57. The minimum absolute atomic E-state index is 0.143. The largest absolute Gasteiger partial charge is 0.367 e. The van der Waals surface area contributed by atoms with Crippen molar-refractivity contribution in [3.8, 4) is 6.07 Å². The Balaban J connectivity index is 1.52. The summed E-state index contributed by atoms with van der Waals surface area (Å²) in [4.78, 5) is 2.49. The molecule has 3 nitrogen and oxygen atoms in total. The molecule has 1 saturated carbocycles. The normalized spacial score (nSPS) is 24.5. The van der Waals surface area contributed by atoms with Crippen molar-refractivity contribution in [2.75, 3.05) is 13.1 Å². The highest BCUT2D eigenvalue weighted by molar-refractivity contribution is 5.32. The highest BCUT2D eigenvalue weighted by Gasteiger charge is 2.38. The van der Waals surface area contributed by atoms with Crippen LogP contribution in [0.4, 0.5) is 0 Å². The number of hydrogen-bond donors (Lipinski definition) is 0. The van der Waals surface area contributed by atoms with Crippen LogP contribution in [0.1, 0.15) is 35.6 Å². The molecule has 2 fully saturated rings. The van der Waals surface area contributed by atoms with Crippen molar-refractivity contribution < 1.29 is 4.74 Å².